The van der Waals surface area contributed by atoms with E-state index in [1.807, 2.05) is 6.07 Å². The molecule has 88 valence electrons. The highest BCUT2D eigenvalue weighted by atomic mass is 16.3. The van der Waals surface area contributed by atoms with E-state index in [1.165, 1.54) is 30.4 Å². The van der Waals surface area contributed by atoms with Crippen molar-refractivity contribution in [1.82, 2.24) is 0 Å². The lowest BCUT2D eigenvalue weighted by atomic mass is 9.89. The van der Waals surface area contributed by atoms with Crippen molar-refractivity contribution < 1.29 is 10.2 Å². The summed E-state index contributed by atoms with van der Waals surface area (Å²) >= 11 is 0. The van der Waals surface area contributed by atoms with Gasteiger partial charge in [0.1, 0.15) is 0 Å². The minimum Gasteiger partial charge on any atom is -0.396 e. The molecule has 2 N–H and O–H groups in total. The van der Waals surface area contributed by atoms with Gasteiger partial charge in [-0.25, -0.2) is 0 Å². The van der Waals surface area contributed by atoms with Gasteiger partial charge in [0, 0.05) is 6.61 Å². The molecule has 1 unspecified atom stereocenters. The predicted molar refractivity (Wildman–Crippen MR) is 64.4 cm³/mol. The normalized spacial score (nSPS) is 16.9. The van der Waals surface area contributed by atoms with Crippen molar-refractivity contribution in [3.8, 4) is 0 Å². The Morgan fingerprint density at radius 1 is 1.12 bits per heavy atom. The van der Waals surface area contributed by atoms with Gasteiger partial charge in [0.2, 0.25) is 0 Å². The van der Waals surface area contributed by atoms with E-state index in [0.717, 1.165) is 12.0 Å². The zero-order valence-corrected chi connectivity index (χ0v) is 9.65. The first-order valence-electron chi connectivity index (χ1n) is 6.22. The summed E-state index contributed by atoms with van der Waals surface area (Å²) in [5, 5.41) is 18.7. The number of fused-ring (bicyclic) bond motifs is 1. The van der Waals surface area contributed by atoms with Gasteiger partial charge in [0.15, 0.2) is 0 Å². The fraction of sp³-hybridized carbons (Fsp3) is 0.571. The highest BCUT2D eigenvalue weighted by molar-refractivity contribution is 5.34. The molecule has 1 aromatic carbocycles. The lowest BCUT2D eigenvalue weighted by Gasteiger charge is -2.18. The molecule has 0 radical (unpaired) electrons. The van der Waals surface area contributed by atoms with Crippen LogP contribution in [0, 0.1) is 0 Å². The van der Waals surface area contributed by atoms with Crippen LogP contribution in [0.15, 0.2) is 18.2 Å². The van der Waals surface area contributed by atoms with Crippen molar-refractivity contribution in [3.63, 3.8) is 0 Å². The van der Waals surface area contributed by atoms with E-state index >= 15 is 0 Å². The maximum Gasteiger partial charge on any atom is 0.0791 e. The standard InChI is InChI=1S/C14H20O2/c15-9-3-6-14(16)13-8-7-11-4-1-2-5-12(11)10-13/h7-8,10,14-16H,1-6,9H2. The number of hydrogen-bond donors (Lipinski definition) is 2. The Morgan fingerprint density at radius 3 is 2.62 bits per heavy atom. The molecule has 0 amide bonds. The zero-order valence-electron chi connectivity index (χ0n) is 9.65. The van der Waals surface area contributed by atoms with Gasteiger partial charge in [-0.1, -0.05) is 18.2 Å². The van der Waals surface area contributed by atoms with Crippen LogP contribution in [-0.4, -0.2) is 16.8 Å². The van der Waals surface area contributed by atoms with Gasteiger partial charge in [0.05, 0.1) is 6.10 Å². The summed E-state index contributed by atoms with van der Waals surface area (Å²) in [5.74, 6) is 0. The third kappa shape index (κ3) is 2.63. The summed E-state index contributed by atoms with van der Waals surface area (Å²) in [5.41, 5.74) is 3.87. The van der Waals surface area contributed by atoms with Crippen LogP contribution in [0.25, 0.3) is 0 Å². The van der Waals surface area contributed by atoms with Crippen molar-refractivity contribution in [2.45, 2.75) is 44.6 Å². The highest BCUT2D eigenvalue weighted by Crippen LogP contribution is 2.26. The van der Waals surface area contributed by atoms with Crippen molar-refractivity contribution in [2.24, 2.45) is 0 Å². The Morgan fingerprint density at radius 2 is 1.88 bits per heavy atom. The number of aliphatic hydroxyl groups is 2. The number of hydrogen-bond acceptors (Lipinski definition) is 2. The molecule has 1 atom stereocenters. The third-order valence-corrected chi connectivity index (χ3v) is 3.39. The van der Waals surface area contributed by atoms with E-state index in [-0.39, 0.29) is 6.61 Å². The van der Waals surface area contributed by atoms with Gasteiger partial charge in [-0.05, 0) is 55.2 Å². The first-order valence-corrected chi connectivity index (χ1v) is 6.22. The fourth-order valence-corrected chi connectivity index (χ4v) is 2.41. The first kappa shape index (κ1) is 11.6. The molecule has 0 heterocycles. The summed E-state index contributed by atoms with van der Waals surface area (Å²) < 4.78 is 0. The van der Waals surface area contributed by atoms with Crippen LogP contribution in [0.4, 0.5) is 0 Å². The predicted octanol–water partition coefficient (Wildman–Crippen LogP) is 2.37. The number of rotatable bonds is 4. The third-order valence-electron chi connectivity index (χ3n) is 3.39. The first-order chi connectivity index (χ1) is 7.81. The molecule has 0 saturated heterocycles. The Balaban J connectivity index is 2.10. The average molecular weight is 220 g/mol. The van der Waals surface area contributed by atoms with E-state index in [2.05, 4.69) is 12.1 Å². The monoisotopic (exact) mass is 220 g/mol. The van der Waals surface area contributed by atoms with Crippen molar-refractivity contribution in [1.29, 1.82) is 0 Å². The summed E-state index contributed by atoms with van der Waals surface area (Å²) in [6.45, 7) is 0.155. The van der Waals surface area contributed by atoms with E-state index in [1.54, 1.807) is 0 Å². The second kappa shape index (κ2) is 5.46. The van der Waals surface area contributed by atoms with Gasteiger partial charge < -0.3 is 10.2 Å². The van der Waals surface area contributed by atoms with Gasteiger partial charge in [0.25, 0.3) is 0 Å². The quantitative estimate of drug-likeness (QED) is 0.818. The van der Waals surface area contributed by atoms with Crippen molar-refractivity contribution >= 4 is 0 Å². The molecule has 1 aliphatic rings. The van der Waals surface area contributed by atoms with Crippen LogP contribution in [0.5, 0.6) is 0 Å². The van der Waals surface area contributed by atoms with Gasteiger partial charge in [-0.15, -0.1) is 0 Å². The Hall–Kier alpha value is -0.860. The highest BCUT2D eigenvalue weighted by Gasteiger charge is 2.12. The Kier molecular flexibility index (Phi) is 3.97. The molecular weight excluding hydrogens is 200 g/mol. The molecule has 2 rings (SSSR count). The molecule has 1 aromatic rings. The maximum atomic E-state index is 9.94. The second-order valence-corrected chi connectivity index (χ2v) is 4.62. The minimum absolute atomic E-state index is 0.155. The fourth-order valence-electron chi connectivity index (χ4n) is 2.41. The molecule has 16 heavy (non-hydrogen) atoms. The molecule has 2 heteroatoms. The summed E-state index contributed by atoms with van der Waals surface area (Å²) in [6, 6.07) is 6.34. The van der Waals surface area contributed by atoms with Crippen LogP contribution >= 0.6 is 0 Å². The van der Waals surface area contributed by atoms with Crippen molar-refractivity contribution in [3.05, 3.63) is 34.9 Å². The van der Waals surface area contributed by atoms with Crippen LogP contribution in [0.2, 0.25) is 0 Å². The minimum atomic E-state index is -0.417. The molecule has 0 bridgehead atoms. The Labute approximate surface area is 96.9 Å². The van der Waals surface area contributed by atoms with Gasteiger partial charge in [-0.2, -0.15) is 0 Å². The summed E-state index contributed by atoms with van der Waals surface area (Å²) in [6.07, 6.45) is 5.79. The molecule has 2 nitrogen and oxygen atoms in total. The topological polar surface area (TPSA) is 40.5 Å². The van der Waals surface area contributed by atoms with E-state index in [4.69, 9.17) is 5.11 Å². The molecule has 0 aliphatic heterocycles. The Bertz CT molecular complexity index is 347. The molecular formula is C14H20O2. The van der Waals surface area contributed by atoms with E-state index < -0.39 is 6.10 Å². The molecule has 0 spiro atoms. The summed E-state index contributed by atoms with van der Waals surface area (Å²) in [7, 11) is 0. The zero-order chi connectivity index (χ0) is 11.4. The average Bonchev–Trinajstić information content (AvgIpc) is 2.35. The second-order valence-electron chi connectivity index (χ2n) is 4.62. The van der Waals surface area contributed by atoms with Gasteiger partial charge in [-0.3, -0.25) is 0 Å². The largest absolute Gasteiger partial charge is 0.396 e. The lowest BCUT2D eigenvalue weighted by molar-refractivity contribution is 0.151. The number of aryl methyl sites for hydroxylation is 2. The van der Waals surface area contributed by atoms with E-state index in [0.29, 0.717) is 12.8 Å². The molecule has 1 aliphatic carbocycles. The van der Waals surface area contributed by atoms with Crippen LogP contribution in [-0.2, 0) is 12.8 Å². The molecule has 0 saturated carbocycles. The van der Waals surface area contributed by atoms with Crippen molar-refractivity contribution in [2.75, 3.05) is 6.61 Å². The smallest absolute Gasteiger partial charge is 0.0791 e. The lowest BCUT2D eigenvalue weighted by Crippen LogP contribution is -2.05. The molecule has 0 fully saturated rings. The van der Waals surface area contributed by atoms with E-state index in [9.17, 15) is 5.11 Å². The van der Waals surface area contributed by atoms with Gasteiger partial charge >= 0.3 is 0 Å². The molecule has 0 aromatic heterocycles. The number of benzene rings is 1. The number of aliphatic hydroxyl groups excluding tert-OH is 2. The maximum absolute atomic E-state index is 9.94. The summed E-state index contributed by atoms with van der Waals surface area (Å²) in [4.78, 5) is 0. The SMILES string of the molecule is OCCCC(O)c1ccc2c(c1)CCCC2. The van der Waals surface area contributed by atoms with Crippen LogP contribution in [0.3, 0.4) is 0 Å². The van der Waals surface area contributed by atoms with Crippen LogP contribution in [0.1, 0.15) is 48.5 Å². The van der Waals surface area contributed by atoms with Crippen LogP contribution < -0.4 is 0 Å².